The van der Waals surface area contributed by atoms with Gasteiger partial charge in [-0.25, -0.2) is 0 Å². The maximum atomic E-state index is 7.36. The van der Waals surface area contributed by atoms with Crippen molar-refractivity contribution in [2.45, 2.75) is 38.6 Å². The Hall–Kier alpha value is -0.0400. The van der Waals surface area contributed by atoms with Gasteiger partial charge in [-0.15, -0.1) is 0 Å². The first-order valence-corrected chi connectivity index (χ1v) is 3.50. The second kappa shape index (κ2) is 2.49. The van der Waals surface area contributed by atoms with E-state index in [1.54, 1.807) is 0 Å². The van der Waals surface area contributed by atoms with Gasteiger partial charge in [0.2, 0.25) is 0 Å². The fourth-order valence-electron chi connectivity index (χ4n) is 1.26. The normalized spacial score (nSPS) is 39.8. The molecule has 1 rings (SSSR count). The van der Waals surface area contributed by atoms with E-state index in [2.05, 4.69) is 6.92 Å². The molecular formula is C7H14N. The van der Waals surface area contributed by atoms with E-state index in [0.717, 1.165) is 18.8 Å². The molecular weight excluding hydrogens is 98.1 g/mol. The van der Waals surface area contributed by atoms with E-state index >= 15 is 0 Å². The minimum atomic E-state index is 0.270. The SMILES string of the molecule is CC1CCC([NH])CC1. The van der Waals surface area contributed by atoms with Crippen LogP contribution in [0.5, 0.6) is 0 Å². The van der Waals surface area contributed by atoms with Crippen LogP contribution in [0.2, 0.25) is 0 Å². The summed E-state index contributed by atoms with van der Waals surface area (Å²) in [7, 11) is 0. The minimum Gasteiger partial charge on any atom is -0.255 e. The van der Waals surface area contributed by atoms with E-state index in [0.29, 0.717) is 0 Å². The zero-order valence-corrected chi connectivity index (χ0v) is 5.48. The van der Waals surface area contributed by atoms with Gasteiger partial charge in [0.05, 0.1) is 0 Å². The largest absolute Gasteiger partial charge is 0.255 e. The van der Waals surface area contributed by atoms with Crippen molar-refractivity contribution < 1.29 is 0 Å². The van der Waals surface area contributed by atoms with Crippen LogP contribution in [0.3, 0.4) is 0 Å². The zero-order chi connectivity index (χ0) is 5.98. The minimum absolute atomic E-state index is 0.270. The van der Waals surface area contributed by atoms with Crippen LogP contribution in [0.4, 0.5) is 0 Å². The van der Waals surface area contributed by atoms with Gasteiger partial charge < -0.3 is 0 Å². The van der Waals surface area contributed by atoms with Crippen LogP contribution in [0.15, 0.2) is 0 Å². The Morgan fingerprint density at radius 2 is 1.62 bits per heavy atom. The van der Waals surface area contributed by atoms with Gasteiger partial charge >= 0.3 is 0 Å². The van der Waals surface area contributed by atoms with Crippen molar-refractivity contribution in [3.8, 4) is 0 Å². The Balaban J connectivity index is 2.19. The van der Waals surface area contributed by atoms with Gasteiger partial charge in [-0.3, -0.25) is 5.73 Å². The van der Waals surface area contributed by atoms with E-state index in [1.807, 2.05) is 0 Å². The lowest BCUT2D eigenvalue weighted by Crippen LogP contribution is -2.17. The summed E-state index contributed by atoms with van der Waals surface area (Å²) in [4.78, 5) is 0. The summed E-state index contributed by atoms with van der Waals surface area (Å²) >= 11 is 0. The van der Waals surface area contributed by atoms with Gasteiger partial charge in [-0.1, -0.05) is 6.92 Å². The summed E-state index contributed by atoms with van der Waals surface area (Å²) in [5.74, 6) is 0.900. The molecule has 0 aromatic carbocycles. The molecule has 8 heavy (non-hydrogen) atoms. The zero-order valence-electron chi connectivity index (χ0n) is 5.48. The predicted molar refractivity (Wildman–Crippen MR) is 34.5 cm³/mol. The topological polar surface area (TPSA) is 23.8 Å². The van der Waals surface area contributed by atoms with Gasteiger partial charge in [-0.2, -0.15) is 0 Å². The summed E-state index contributed by atoms with van der Waals surface area (Å²) < 4.78 is 0. The fraction of sp³-hybridized carbons (Fsp3) is 1.00. The van der Waals surface area contributed by atoms with Crippen molar-refractivity contribution in [1.82, 2.24) is 5.73 Å². The van der Waals surface area contributed by atoms with E-state index in [4.69, 9.17) is 5.73 Å². The summed E-state index contributed by atoms with van der Waals surface area (Å²) in [6.45, 7) is 2.28. The highest BCUT2D eigenvalue weighted by Gasteiger charge is 2.14. The molecule has 47 valence electrons. The molecule has 0 atom stereocenters. The van der Waals surface area contributed by atoms with E-state index in [1.165, 1.54) is 12.8 Å². The number of hydrogen-bond donors (Lipinski definition) is 0. The third-order valence-electron chi connectivity index (χ3n) is 2.02. The molecule has 1 radical (unpaired) electrons. The van der Waals surface area contributed by atoms with Crippen LogP contribution >= 0.6 is 0 Å². The predicted octanol–water partition coefficient (Wildman–Crippen LogP) is 1.85. The molecule has 0 heterocycles. The molecule has 1 aliphatic rings. The van der Waals surface area contributed by atoms with Crippen molar-refractivity contribution in [3.05, 3.63) is 0 Å². The molecule has 0 aromatic heterocycles. The molecule has 0 unspecified atom stereocenters. The van der Waals surface area contributed by atoms with Crippen LogP contribution in [-0.2, 0) is 0 Å². The summed E-state index contributed by atoms with van der Waals surface area (Å²) in [6, 6.07) is 0.270. The van der Waals surface area contributed by atoms with Crippen molar-refractivity contribution in [2.75, 3.05) is 0 Å². The van der Waals surface area contributed by atoms with Crippen molar-refractivity contribution in [2.24, 2.45) is 5.92 Å². The Labute approximate surface area is 51.3 Å². The smallest absolute Gasteiger partial charge is 0.0213 e. The Morgan fingerprint density at radius 1 is 1.12 bits per heavy atom. The van der Waals surface area contributed by atoms with Crippen molar-refractivity contribution in [3.63, 3.8) is 0 Å². The third-order valence-corrected chi connectivity index (χ3v) is 2.02. The first-order chi connectivity index (χ1) is 3.79. The van der Waals surface area contributed by atoms with Gasteiger partial charge in [0.15, 0.2) is 0 Å². The summed E-state index contributed by atoms with van der Waals surface area (Å²) in [6.07, 6.45) is 4.85. The van der Waals surface area contributed by atoms with Crippen LogP contribution in [0.1, 0.15) is 32.6 Å². The highest BCUT2D eigenvalue weighted by Crippen LogP contribution is 2.22. The molecule has 1 N–H and O–H groups in total. The lowest BCUT2D eigenvalue weighted by atomic mass is 9.88. The molecule has 1 aliphatic carbocycles. The standard InChI is InChI=1S/C7H14N/c1-6-2-4-7(8)5-3-6/h6-8H,2-5H2,1H3. The Kier molecular flexibility index (Phi) is 1.90. The molecule has 0 saturated heterocycles. The molecule has 0 spiro atoms. The van der Waals surface area contributed by atoms with Crippen LogP contribution < -0.4 is 5.73 Å². The Morgan fingerprint density at radius 3 is 2.00 bits per heavy atom. The van der Waals surface area contributed by atoms with E-state index < -0.39 is 0 Å². The van der Waals surface area contributed by atoms with Gasteiger partial charge in [0.25, 0.3) is 0 Å². The number of nitrogens with one attached hydrogen (secondary N) is 1. The third kappa shape index (κ3) is 1.48. The average Bonchev–Trinajstić information content (AvgIpc) is 1.77. The van der Waals surface area contributed by atoms with Crippen LogP contribution in [-0.4, -0.2) is 6.04 Å². The summed E-state index contributed by atoms with van der Waals surface area (Å²) in [5.41, 5.74) is 7.36. The first kappa shape index (κ1) is 6.09. The molecule has 1 fully saturated rings. The molecule has 1 nitrogen and oxygen atoms in total. The monoisotopic (exact) mass is 112 g/mol. The fourth-order valence-corrected chi connectivity index (χ4v) is 1.26. The lowest BCUT2D eigenvalue weighted by molar-refractivity contribution is 0.342. The molecule has 1 heteroatoms. The van der Waals surface area contributed by atoms with Crippen LogP contribution in [0, 0.1) is 5.92 Å². The highest BCUT2D eigenvalue weighted by molar-refractivity contribution is 4.70. The second-order valence-corrected chi connectivity index (χ2v) is 2.96. The van der Waals surface area contributed by atoms with Gasteiger partial charge in [0.1, 0.15) is 0 Å². The number of hydrogen-bond acceptors (Lipinski definition) is 0. The first-order valence-electron chi connectivity index (χ1n) is 3.50. The van der Waals surface area contributed by atoms with Gasteiger partial charge in [-0.05, 0) is 31.6 Å². The molecule has 0 aliphatic heterocycles. The maximum Gasteiger partial charge on any atom is 0.0213 e. The molecule has 0 aromatic rings. The molecule has 0 bridgehead atoms. The van der Waals surface area contributed by atoms with E-state index in [-0.39, 0.29) is 6.04 Å². The van der Waals surface area contributed by atoms with Crippen molar-refractivity contribution >= 4 is 0 Å². The van der Waals surface area contributed by atoms with Crippen molar-refractivity contribution in [1.29, 1.82) is 0 Å². The molecule has 1 saturated carbocycles. The van der Waals surface area contributed by atoms with Gasteiger partial charge in [0, 0.05) is 6.04 Å². The van der Waals surface area contributed by atoms with E-state index in [9.17, 15) is 0 Å². The quantitative estimate of drug-likeness (QED) is 0.456. The van der Waals surface area contributed by atoms with Crippen LogP contribution in [0.25, 0.3) is 0 Å². The average molecular weight is 112 g/mol. The Bertz CT molecular complexity index is 52.8. The number of rotatable bonds is 0. The lowest BCUT2D eigenvalue weighted by Gasteiger charge is -2.21. The second-order valence-electron chi connectivity index (χ2n) is 2.96. The summed E-state index contributed by atoms with van der Waals surface area (Å²) in [5, 5.41) is 0. The molecule has 0 amide bonds. The highest BCUT2D eigenvalue weighted by atomic mass is 14.6. The maximum absolute atomic E-state index is 7.36.